The molecule has 0 spiro atoms. The van der Waals surface area contributed by atoms with Gasteiger partial charge in [0.25, 0.3) is 0 Å². The van der Waals surface area contributed by atoms with Gasteiger partial charge in [-0.3, -0.25) is 9.98 Å². The number of rotatable bonds is 3. The molecule has 0 unspecified atom stereocenters. The summed E-state index contributed by atoms with van der Waals surface area (Å²) in [6.07, 6.45) is 1.79. The first-order chi connectivity index (χ1) is 14.2. The normalized spacial score (nSPS) is 11.8. The van der Waals surface area contributed by atoms with Crippen LogP contribution in [0.5, 0.6) is 0 Å². The maximum atomic E-state index is 5.11. The number of aromatic nitrogens is 2. The minimum absolute atomic E-state index is 0.139. The second-order valence-corrected chi connectivity index (χ2v) is 13.7. The zero-order valence-corrected chi connectivity index (χ0v) is 22.4. The van der Waals surface area contributed by atoms with Gasteiger partial charge >= 0.3 is 39.6 Å². The van der Waals surface area contributed by atoms with Crippen molar-refractivity contribution >= 4 is 39.6 Å². The van der Waals surface area contributed by atoms with Crippen molar-refractivity contribution < 1.29 is 11.3 Å². The number of benzene rings is 1. The van der Waals surface area contributed by atoms with Gasteiger partial charge in [-0.2, -0.15) is 0 Å². The summed E-state index contributed by atoms with van der Waals surface area (Å²) in [5.74, 6) is 0. The molecular formula is C24H27Br2FeN3. The van der Waals surface area contributed by atoms with Crippen molar-refractivity contribution in [1.29, 1.82) is 0 Å². The van der Waals surface area contributed by atoms with Gasteiger partial charge in [0.1, 0.15) is 0 Å². The van der Waals surface area contributed by atoms with E-state index in [2.05, 4.69) is 86.9 Å². The summed E-state index contributed by atoms with van der Waals surface area (Å²) in [4.78, 5) is 14.4. The summed E-state index contributed by atoms with van der Waals surface area (Å²) < 4.78 is 0. The summed E-state index contributed by atoms with van der Waals surface area (Å²) in [5.41, 5.74) is 8.15. The van der Waals surface area contributed by atoms with Gasteiger partial charge in [0, 0.05) is 11.6 Å². The number of pyridine rings is 2. The van der Waals surface area contributed by atoms with Crippen LogP contribution in [0.3, 0.4) is 0 Å². The van der Waals surface area contributed by atoms with Crippen LogP contribution in [-0.2, 0) is 11.3 Å². The Hall–Kier alpha value is -1.33. The van der Waals surface area contributed by atoms with E-state index in [1.54, 1.807) is 6.20 Å². The average Bonchev–Trinajstić information content (AvgIpc) is 2.68. The summed E-state index contributed by atoms with van der Waals surface area (Å²) in [6.45, 7) is 12.9. The second-order valence-electron chi connectivity index (χ2n) is 8.13. The van der Waals surface area contributed by atoms with E-state index in [0.29, 0.717) is 0 Å². The predicted molar refractivity (Wildman–Crippen MR) is 132 cm³/mol. The van der Waals surface area contributed by atoms with E-state index in [1.807, 2.05) is 36.4 Å². The molecule has 6 heteroatoms. The van der Waals surface area contributed by atoms with E-state index in [-0.39, 0.29) is 5.41 Å². The molecule has 3 nitrogen and oxygen atoms in total. The molecule has 0 fully saturated rings. The number of aryl methyl sites for hydroxylation is 3. The molecule has 0 aliphatic heterocycles. The number of hydrogen-bond donors (Lipinski definition) is 0. The van der Waals surface area contributed by atoms with Gasteiger partial charge in [0.05, 0.1) is 28.5 Å². The first kappa shape index (κ1) is 24.9. The van der Waals surface area contributed by atoms with Gasteiger partial charge in [-0.25, -0.2) is 4.98 Å². The van der Waals surface area contributed by atoms with Crippen LogP contribution in [0.15, 0.2) is 59.7 Å². The second kappa shape index (κ2) is 11.3. The first-order valence-electron chi connectivity index (χ1n) is 9.58. The van der Waals surface area contributed by atoms with Gasteiger partial charge in [0.15, 0.2) is 0 Å². The molecule has 0 atom stereocenters. The van der Waals surface area contributed by atoms with Crippen molar-refractivity contribution in [1.82, 2.24) is 9.97 Å². The fourth-order valence-electron chi connectivity index (χ4n) is 3.29. The maximum absolute atomic E-state index is 5.11. The van der Waals surface area contributed by atoms with Crippen LogP contribution in [0.4, 0.5) is 5.69 Å². The Balaban J connectivity index is 0.00000101. The third kappa shape index (κ3) is 6.84. The van der Waals surface area contributed by atoms with E-state index in [0.717, 1.165) is 39.8 Å². The molecule has 0 N–H and O–H groups in total. The monoisotopic (exact) mass is 571 g/mol. The third-order valence-corrected chi connectivity index (χ3v) is 4.49. The van der Waals surface area contributed by atoms with Crippen molar-refractivity contribution in [3.8, 4) is 11.4 Å². The van der Waals surface area contributed by atoms with Crippen molar-refractivity contribution in [2.24, 2.45) is 10.4 Å². The van der Waals surface area contributed by atoms with Crippen LogP contribution in [0.25, 0.3) is 11.4 Å². The molecule has 30 heavy (non-hydrogen) atoms. The molecule has 1 aromatic carbocycles. The van der Waals surface area contributed by atoms with E-state index in [4.69, 9.17) is 9.98 Å². The summed E-state index contributed by atoms with van der Waals surface area (Å²) in [7, 11) is 0. The Morgan fingerprint density at radius 2 is 1.50 bits per heavy atom. The molecule has 0 amide bonds. The predicted octanol–water partition coefficient (Wildman–Crippen LogP) is 7.92. The SMILES string of the molecule is Cc1cc(C)c(N=C(c2cccc(-c3ccccn3)n2)C(C)(C)C)c(C)c1.[Br][Fe][Br]. The Morgan fingerprint density at radius 1 is 0.900 bits per heavy atom. The summed E-state index contributed by atoms with van der Waals surface area (Å²) >= 11 is 7.00. The molecule has 2 heterocycles. The van der Waals surface area contributed by atoms with E-state index in [1.165, 1.54) is 16.7 Å². The van der Waals surface area contributed by atoms with E-state index >= 15 is 0 Å². The van der Waals surface area contributed by atoms with Gasteiger partial charge in [-0.15, -0.1) is 0 Å². The molecule has 0 aliphatic carbocycles. The fraction of sp³-hybridized carbons (Fsp3) is 0.292. The Labute approximate surface area is 200 Å². The molecule has 3 rings (SSSR count). The van der Waals surface area contributed by atoms with Gasteiger partial charge in [-0.05, 0) is 56.2 Å². The van der Waals surface area contributed by atoms with Crippen molar-refractivity contribution in [3.63, 3.8) is 0 Å². The molecule has 0 aliphatic rings. The molecule has 0 saturated carbocycles. The average molecular weight is 573 g/mol. The van der Waals surface area contributed by atoms with Gasteiger partial charge < -0.3 is 0 Å². The number of hydrogen-bond acceptors (Lipinski definition) is 3. The fourth-order valence-corrected chi connectivity index (χ4v) is 3.29. The summed E-state index contributed by atoms with van der Waals surface area (Å²) in [6, 6.07) is 16.3. The van der Waals surface area contributed by atoms with Crippen LogP contribution < -0.4 is 0 Å². The Kier molecular flexibility index (Phi) is 9.42. The van der Waals surface area contributed by atoms with Crippen LogP contribution in [0.2, 0.25) is 0 Å². The van der Waals surface area contributed by atoms with Crippen LogP contribution in [0.1, 0.15) is 43.2 Å². The number of halogens is 2. The molecule has 2 aromatic heterocycles. The van der Waals surface area contributed by atoms with Crippen LogP contribution in [-0.4, -0.2) is 15.7 Å². The van der Waals surface area contributed by atoms with Crippen molar-refractivity contribution in [2.75, 3.05) is 0 Å². The van der Waals surface area contributed by atoms with Crippen molar-refractivity contribution in [2.45, 2.75) is 41.5 Å². The Bertz CT molecular complexity index is 989. The molecule has 0 bridgehead atoms. The van der Waals surface area contributed by atoms with Crippen LogP contribution >= 0.6 is 28.2 Å². The standard InChI is InChI=1S/C24H27N3.2BrH.Fe/c1-16-14-17(2)22(18(3)15-16)27-23(24(4,5)6)21-12-9-11-20(26-21)19-10-7-8-13-25-19;;;/h7-15H,1-6H3;2*1H;/q;;;+2/p-2. The minimum atomic E-state index is -0.139. The van der Waals surface area contributed by atoms with Crippen LogP contribution in [0, 0.1) is 26.2 Å². The molecule has 3 aromatic rings. The Morgan fingerprint density at radius 3 is 2.03 bits per heavy atom. The molecule has 0 radical (unpaired) electrons. The summed E-state index contributed by atoms with van der Waals surface area (Å²) in [5, 5.41) is 0. The number of nitrogens with zero attached hydrogens (tertiary/aromatic N) is 3. The topological polar surface area (TPSA) is 38.1 Å². The van der Waals surface area contributed by atoms with E-state index < -0.39 is 0 Å². The molecule has 160 valence electrons. The quantitative estimate of drug-likeness (QED) is 0.236. The molecular weight excluding hydrogens is 546 g/mol. The first-order valence-corrected chi connectivity index (χ1v) is 15.0. The molecule has 0 saturated heterocycles. The van der Waals surface area contributed by atoms with E-state index in [9.17, 15) is 0 Å². The zero-order valence-electron chi connectivity index (χ0n) is 18.1. The van der Waals surface area contributed by atoms with Crippen molar-refractivity contribution in [3.05, 3.63) is 77.1 Å². The zero-order chi connectivity index (χ0) is 22.3. The number of aliphatic imine (C=N–C) groups is 1. The third-order valence-electron chi connectivity index (χ3n) is 4.49. The van der Waals surface area contributed by atoms with Gasteiger partial charge in [0.2, 0.25) is 0 Å². The van der Waals surface area contributed by atoms with Gasteiger partial charge in [-0.1, -0.05) is 50.6 Å².